The van der Waals surface area contributed by atoms with E-state index >= 15 is 0 Å². The van der Waals surface area contributed by atoms with Crippen molar-refractivity contribution >= 4 is 43.5 Å². The number of aryl methyl sites for hydroxylation is 2. The summed E-state index contributed by atoms with van der Waals surface area (Å²) < 4.78 is 27.1. The highest BCUT2D eigenvalue weighted by Gasteiger charge is 2.30. The number of halogens is 1. The molecule has 0 spiro atoms. The molecule has 2 aromatic carbocycles. The van der Waals surface area contributed by atoms with Crippen molar-refractivity contribution < 1.29 is 18.0 Å². The number of carbonyl (C=O) groups is 2. The van der Waals surface area contributed by atoms with E-state index in [0.29, 0.717) is 5.69 Å². The average Bonchev–Trinajstić information content (AvgIpc) is 2.71. The maximum Gasteiger partial charge on any atom is 0.244 e. The summed E-state index contributed by atoms with van der Waals surface area (Å²) in [7, 11) is -3.75. The molecule has 2 amide bonds. The molecule has 1 N–H and O–H groups in total. The molecule has 0 aromatic heterocycles. The first kappa shape index (κ1) is 26.9. The number of sulfonamides is 1. The second kappa shape index (κ2) is 11.2. The van der Waals surface area contributed by atoms with E-state index in [2.05, 4.69) is 21.2 Å². The van der Waals surface area contributed by atoms with Crippen LogP contribution in [0.15, 0.2) is 46.9 Å². The zero-order valence-electron chi connectivity index (χ0n) is 19.9. The lowest BCUT2D eigenvalue weighted by Gasteiger charge is -2.32. The predicted octanol–water partition coefficient (Wildman–Crippen LogP) is 3.77. The smallest absolute Gasteiger partial charge is 0.244 e. The topological polar surface area (TPSA) is 86.8 Å². The molecule has 0 unspecified atom stereocenters. The molecular weight excluding hydrogens is 506 g/mol. The fourth-order valence-corrected chi connectivity index (χ4v) is 4.44. The van der Waals surface area contributed by atoms with Crippen LogP contribution in [0.2, 0.25) is 0 Å². The minimum absolute atomic E-state index is 0.0892. The molecular formula is C24H32BrN3O4S. The third kappa shape index (κ3) is 7.30. The fourth-order valence-electron chi connectivity index (χ4n) is 3.36. The quantitative estimate of drug-likeness (QED) is 0.527. The van der Waals surface area contributed by atoms with Crippen molar-refractivity contribution in [1.29, 1.82) is 0 Å². The number of benzene rings is 2. The van der Waals surface area contributed by atoms with Crippen molar-refractivity contribution in [2.45, 2.75) is 53.2 Å². The Labute approximate surface area is 205 Å². The van der Waals surface area contributed by atoms with Gasteiger partial charge in [0.05, 0.1) is 11.9 Å². The molecule has 0 fully saturated rings. The molecule has 0 radical (unpaired) electrons. The normalized spacial score (nSPS) is 12.4. The third-order valence-electron chi connectivity index (χ3n) is 5.31. The number of nitrogens with zero attached hydrogens (tertiary/aromatic N) is 2. The Morgan fingerprint density at radius 1 is 1.03 bits per heavy atom. The summed E-state index contributed by atoms with van der Waals surface area (Å²) in [5.41, 5.74) is 3.10. The van der Waals surface area contributed by atoms with E-state index in [-0.39, 0.29) is 18.5 Å². The Kier molecular flexibility index (Phi) is 9.08. The number of hydrogen-bond acceptors (Lipinski definition) is 4. The van der Waals surface area contributed by atoms with E-state index in [0.717, 1.165) is 31.7 Å². The van der Waals surface area contributed by atoms with Crippen LogP contribution in [-0.2, 0) is 26.2 Å². The van der Waals surface area contributed by atoms with Crippen molar-refractivity contribution in [2.75, 3.05) is 17.1 Å². The zero-order valence-corrected chi connectivity index (χ0v) is 22.3. The fraction of sp³-hybridized carbons (Fsp3) is 0.417. The largest absolute Gasteiger partial charge is 0.352 e. The van der Waals surface area contributed by atoms with Gasteiger partial charge in [0.1, 0.15) is 12.6 Å². The van der Waals surface area contributed by atoms with Crippen LogP contribution in [0.25, 0.3) is 0 Å². The number of nitrogens with one attached hydrogen (secondary N) is 1. The lowest BCUT2D eigenvalue weighted by atomic mass is 10.1. The summed E-state index contributed by atoms with van der Waals surface area (Å²) in [5.74, 6) is -0.756. The van der Waals surface area contributed by atoms with Gasteiger partial charge in [0.25, 0.3) is 0 Å². The first-order valence-electron chi connectivity index (χ1n) is 10.7. The number of hydrogen-bond donors (Lipinski definition) is 1. The first-order valence-corrected chi connectivity index (χ1v) is 13.3. The van der Waals surface area contributed by atoms with Gasteiger partial charge in [-0.05, 0) is 69.5 Å². The summed E-state index contributed by atoms with van der Waals surface area (Å²) in [5, 5.41) is 2.84. The standard InChI is InChI=1S/C24H32BrN3O4S/c1-16(2)26-24(30)19(5)27(14-20-10-8-7-9-17(20)3)23(29)15-28(33(6,31)32)21-11-12-22(25)18(4)13-21/h7-13,16,19H,14-15H2,1-6H3,(H,26,30)/t19-/m1/s1. The van der Waals surface area contributed by atoms with Crippen LogP contribution >= 0.6 is 15.9 Å². The van der Waals surface area contributed by atoms with Gasteiger partial charge in [-0.3, -0.25) is 13.9 Å². The molecule has 2 aromatic rings. The molecule has 0 aliphatic rings. The summed E-state index contributed by atoms with van der Waals surface area (Å²) in [6.07, 6.45) is 1.07. The summed E-state index contributed by atoms with van der Waals surface area (Å²) >= 11 is 3.41. The molecule has 1 atom stereocenters. The average molecular weight is 539 g/mol. The lowest BCUT2D eigenvalue weighted by molar-refractivity contribution is -0.139. The maximum atomic E-state index is 13.5. The van der Waals surface area contributed by atoms with Gasteiger partial charge in [0.15, 0.2) is 0 Å². The van der Waals surface area contributed by atoms with Gasteiger partial charge in [-0.2, -0.15) is 0 Å². The molecule has 0 saturated heterocycles. The molecule has 2 rings (SSSR count). The molecule has 180 valence electrons. The van der Waals surface area contributed by atoms with Crippen LogP contribution in [0.5, 0.6) is 0 Å². The Bertz CT molecular complexity index is 1120. The second-order valence-electron chi connectivity index (χ2n) is 8.49. The summed E-state index contributed by atoms with van der Waals surface area (Å²) in [4.78, 5) is 27.7. The van der Waals surface area contributed by atoms with Crippen molar-refractivity contribution in [2.24, 2.45) is 0 Å². The van der Waals surface area contributed by atoms with E-state index in [9.17, 15) is 18.0 Å². The van der Waals surface area contributed by atoms with Crippen molar-refractivity contribution in [3.05, 3.63) is 63.6 Å². The molecule has 7 nitrogen and oxygen atoms in total. The van der Waals surface area contributed by atoms with E-state index < -0.39 is 28.5 Å². The predicted molar refractivity (Wildman–Crippen MR) is 136 cm³/mol. The SMILES string of the molecule is Cc1cc(N(CC(=O)N(Cc2ccccc2C)[C@H](C)C(=O)NC(C)C)S(C)(=O)=O)ccc1Br. The van der Waals surface area contributed by atoms with E-state index in [1.807, 2.05) is 52.0 Å². The number of carbonyl (C=O) groups excluding carboxylic acids is 2. The monoisotopic (exact) mass is 537 g/mol. The van der Waals surface area contributed by atoms with Gasteiger partial charge >= 0.3 is 0 Å². The molecule has 0 heterocycles. The molecule has 0 aliphatic carbocycles. The number of rotatable bonds is 9. The highest BCUT2D eigenvalue weighted by molar-refractivity contribution is 9.10. The van der Waals surface area contributed by atoms with Gasteiger partial charge in [-0.25, -0.2) is 8.42 Å². The van der Waals surface area contributed by atoms with Gasteiger partial charge < -0.3 is 10.2 Å². The minimum atomic E-state index is -3.75. The molecule has 9 heteroatoms. The van der Waals surface area contributed by atoms with Gasteiger partial charge in [0, 0.05) is 17.1 Å². The Balaban J connectivity index is 2.43. The van der Waals surface area contributed by atoms with Crippen LogP contribution in [0, 0.1) is 13.8 Å². The van der Waals surface area contributed by atoms with Crippen LogP contribution < -0.4 is 9.62 Å². The van der Waals surface area contributed by atoms with E-state index in [4.69, 9.17) is 0 Å². The lowest BCUT2D eigenvalue weighted by Crippen LogP contribution is -2.52. The second-order valence-corrected chi connectivity index (χ2v) is 11.3. The van der Waals surface area contributed by atoms with Crippen molar-refractivity contribution in [3.8, 4) is 0 Å². The number of anilines is 1. The van der Waals surface area contributed by atoms with E-state index in [1.165, 1.54) is 4.90 Å². The van der Waals surface area contributed by atoms with Crippen LogP contribution in [0.1, 0.15) is 37.5 Å². The maximum absolute atomic E-state index is 13.5. The van der Waals surface area contributed by atoms with Gasteiger partial charge in [0.2, 0.25) is 21.8 Å². The minimum Gasteiger partial charge on any atom is -0.352 e. The van der Waals surface area contributed by atoms with E-state index in [1.54, 1.807) is 25.1 Å². The van der Waals surface area contributed by atoms with Crippen molar-refractivity contribution in [3.63, 3.8) is 0 Å². The van der Waals surface area contributed by atoms with Crippen LogP contribution in [-0.4, -0.2) is 50.0 Å². The molecule has 33 heavy (non-hydrogen) atoms. The van der Waals surface area contributed by atoms with Gasteiger partial charge in [-0.15, -0.1) is 0 Å². The highest BCUT2D eigenvalue weighted by atomic mass is 79.9. The highest BCUT2D eigenvalue weighted by Crippen LogP contribution is 2.25. The van der Waals surface area contributed by atoms with Gasteiger partial charge in [-0.1, -0.05) is 40.2 Å². The Morgan fingerprint density at radius 2 is 1.67 bits per heavy atom. The first-order chi connectivity index (χ1) is 15.3. The van der Waals surface area contributed by atoms with Crippen molar-refractivity contribution in [1.82, 2.24) is 10.2 Å². The molecule has 0 aliphatic heterocycles. The number of amides is 2. The molecule has 0 bridgehead atoms. The summed E-state index contributed by atoms with van der Waals surface area (Å²) in [6.45, 7) is 8.91. The Hall–Kier alpha value is -2.39. The zero-order chi connectivity index (χ0) is 24.9. The van der Waals surface area contributed by atoms with Crippen LogP contribution in [0.4, 0.5) is 5.69 Å². The third-order valence-corrected chi connectivity index (χ3v) is 7.34. The molecule has 0 saturated carbocycles. The van der Waals surface area contributed by atoms with Crippen LogP contribution in [0.3, 0.4) is 0 Å². The summed E-state index contributed by atoms with van der Waals surface area (Å²) in [6, 6.07) is 11.8. The Morgan fingerprint density at radius 3 is 2.21 bits per heavy atom.